The highest BCUT2D eigenvalue weighted by Gasteiger charge is 2.50. The van der Waals surface area contributed by atoms with Gasteiger partial charge < -0.3 is 4.42 Å². The van der Waals surface area contributed by atoms with Gasteiger partial charge in [-0.1, -0.05) is 158 Å². The van der Waals surface area contributed by atoms with Crippen LogP contribution in [-0.2, 0) is 5.41 Å². The highest BCUT2D eigenvalue weighted by Crippen LogP contribution is 2.57. The maximum Gasteiger partial charge on any atom is 0.164 e. The molecule has 4 nitrogen and oxygen atoms in total. The van der Waals surface area contributed by atoms with Crippen molar-refractivity contribution in [3.8, 4) is 33.9 Å². The Labute approximate surface area is 299 Å². The van der Waals surface area contributed by atoms with Crippen molar-refractivity contribution in [2.45, 2.75) is 5.41 Å². The van der Waals surface area contributed by atoms with Gasteiger partial charge in [-0.25, -0.2) is 15.0 Å². The van der Waals surface area contributed by atoms with Crippen LogP contribution in [0.3, 0.4) is 0 Å². The lowest BCUT2D eigenvalue weighted by atomic mass is 9.70. The number of rotatable bonds is 4. The fourth-order valence-corrected chi connectivity index (χ4v) is 8.59. The average Bonchev–Trinajstić information content (AvgIpc) is 3.75. The van der Waals surface area contributed by atoms with E-state index in [4.69, 9.17) is 19.4 Å². The summed E-state index contributed by atoms with van der Waals surface area (Å²) in [4.78, 5) is 16.5. The summed E-state index contributed by atoms with van der Waals surface area (Å²) in [6, 6.07) is 61.7. The van der Waals surface area contributed by atoms with Gasteiger partial charge >= 0.3 is 0 Å². The van der Waals surface area contributed by atoms with E-state index in [9.17, 15) is 0 Å². The molecule has 52 heavy (non-hydrogen) atoms. The second-order valence-electron chi connectivity index (χ2n) is 13.5. The van der Waals surface area contributed by atoms with Gasteiger partial charge in [0.1, 0.15) is 16.6 Å². The highest BCUT2D eigenvalue weighted by molar-refractivity contribution is 6.13. The molecule has 2 heterocycles. The normalized spacial score (nSPS) is 13.2. The van der Waals surface area contributed by atoms with Gasteiger partial charge in [0.15, 0.2) is 17.5 Å². The number of para-hydroxylation sites is 1. The predicted octanol–water partition coefficient (Wildman–Crippen LogP) is 11.8. The summed E-state index contributed by atoms with van der Waals surface area (Å²) < 4.78 is 6.53. The van der Waals surface area contributed by atoms with Crippen molar-refractivity contribution < 1.29 is 4.42 Å². The third kappa shape index (κ3) is 4.00. The Bertz CT molecular complexity index is 2990. The summed E-state index contributed by atoms with van der Waals surface area (Å²) in [5, 5.41) is 6.73. The first-order chi connectivity index (χ1) is 25.8. The smallest absolute Gasteiger partial charge is 0.164 e. The Kier molecular flexibility index (Phi) is 6.13. The molecular formula is C48H29N3O. The zero-order valence-electron chi connectivity index (χ0n) is 28.0. The van der Waals surface area contributed by atoms with E-state index < -0.39 is 5.41 Å². The molecule has 11 rings (SSSR count). The van der Waals surface area contributed by atoms with Crippen molar-refractivity contribution in [2.24, 2.45) is 0 Å². The topological polar surface area (TPSA) is 51.8 Å². The summed E-state index contributed by atoms with van der Waals surface area (Å²) in [5.74, 6) is 1.93. The van der Waals surface area contributed by atoms with Gasteiger partial charge in [-0.2, -0.15) is 0 Å². The van der Waals surface area contributed by atoms with Gasteiger partial charge in [-0.15, -0.1) is 0 Å². The minimum absolute atomic E-state index is 0.628. The molecule has 0 fully saturated rings. The molecule has 0 radical (unpaired) electrons. The van der Waals surface area contributed by atoms with Gasteiger partial charge in [0.05, 0.1) is 0 Å². The molecule has 0 bridgehead atoms. The number of benzene rings is 8. The number of hydrogen-bond donors (Lipinski definition) is 0. The van der Waals surface area contributed by atoms with Gasteiger partial charge in [-0.3, -0.25) is 0 Å². The molecule has 0 spiro atoms. The first-order valence-corrected chi connectivity index (χ1v) is 17.6. The third-order valence-corrected chi connectivity index (χ3v) is 10.8. The molecule has 0 saturated heterocycles. The Morgan fingerprint density at radius 3 is 1.75 bits per heavy atom. The van der Waals surface area contributed by atoms with E-state index >= 15 is 0 Å². The summed E-state index contributed by atoms with van der Waals surface area (Å²) in [6.07, 6.45) is 0. The zero-order chi connectivity index (χ0) is 34.2. The molecule has 4 heteroatoms. The van der Waals surface area contributed by atoms with E-state index in [-0.39, 0.29) is 0 Å². The first kappa shape index (κ1) is 28.9. The van der Waals surface area contributed by atoms with Crippen LogP contribution in [0, 0.1) is 0 Å². The molecular weight excluding hydrogens is 635 g/mol. The van der Waals surface area contributed by atoms with Gasteiger partial charge in [0, 0.05) is 21.9 Å². The number of furan rings is 1. The van der Waals surface area contributed by atoms with Crippen molar-refractivity contribution in [3.63, 3.8) is 0 Å². The van der Waals surface area contributed by atoms with Gasteiger partial charge in [0.25, 0.3) is 0 Å². The molecule has 2 aromatic heterocycles. The maximum absolute atomic E-state index is 6.53. The number of nitrogens with zero attached hydrogens (tertiary/aromatic N) is 3. The summed E-state index contributed by atoms with van der Waals surface area (Å²) in [6.45, 7) is 0. The number of aromatic nitrogens is 3. The van der Waals surface area contributed by atoms with Crippen LogP contribution in [0.1, 0.15) is 22.5 Å². The average molecular weight is 664 g/mol. The molecule has 242 valence electrons. The van der Waals surface area contributed by atoms with E-state index in [1.165, 1.54) is 21.9 Å². The van der Waals surface area contributed by atoms with Crippen LogP contribution in [0.5, 0.6) is 0 Å². The fourth-order valence-electron chi connectivity index (χ4n) is 8.59. The monoisotopic (exact) mass is 663 g/mol. The van der Waals surface area contributed by atoms with Crippen LogP contribution in [0.15, 0.2) is 180 Å². The summed E-state index contributed by atoms with van der Waals surface area (Å²) >= 11 is 0. The Morgan fingerprint density at radius 1 is 0.385 bits per heavy atom. The molecule has 8 aromatic carbocycles. The van der Waals surface area contributed by atoms with Crippen LogP contribution in [0.25, 0.3) is 77.4 Å². The highest BCUT2D eigenvalue weighted by atomic mass is 16.3. The van der Waals surface area contributed by atoms with Gasteiger partial charge in [0.2, 0.25) is 0 Å². The van der Waals surface area contributed by atoms with Crippen LogP contribution in [0.4, 0.5) is 0 Å². The lowest BCUT2D eigenvalue weighted by Crippen LogP contribution is -2.32. The third-order valence-electron chi connectivity index (χ3n) is 10.8. The van der Waals surface area contributed by atoms with Crippen molar-refractivity contribution in [2.75, 3.05) is 0 Å². The second-order valence-corrected chi connectivity index (χ2v) is 13.5. The van der Waals surface area contributed by atoms with E-state index in [2.05, 4.69) is 146 Å². The number of hydrogen-bond acceptors (Lipinski definition) is 4. The van der Waals surface area contributed by atoms with Crippen molar-refractivity contribution in [1.29, 1.82) is 0 Å². The zero-order valence-corrected chi connectivity index (χ0v) is 28.0. The van der Waals surface area contributed by atoms with Crippen LogP contribution >= 0.6 is 0 Å². The van der Waals surface area contributed by atoms with Gasteiger partial charge in [-0.05, 0) is 67.6 Å². The first-order valence-electron chi connectivity index (χ1n) is 17.6. The Balaban J connectivity index is 1.33. The van der Waals surface area contributed by atoms with E-state index in [1.54, 1.807) is 0 Å². The van der Waals surface area contributed by atoms with Crippen LogP contribution in [0.2, 0.25) is 0 Å². The second kappa shape index (κ2) is 11.0. The Morgan fingerprint density at radius 2 is 0.962 bits per heavy atom. The van der Waals surface area contributed by atoms with Crippen molar-refractivity contribution in [1.82, 2.24) is 15.0 Å². The standard InChI is InChI=1S/C48H29N3O/c1-2-15-30(16-3-1)45-49-46(38-29-31-17-4-5-18-32(31)33-19-6-7-20-34(33)38)51-47(50-45)48(39-24-11-8-21-35(39)36-22-9-12-25-40(36)48)41-26-14-28-43-44(41)37-23-10-13-27-42(37)52-43/h1-29H. The largest absolute Gasteiger partial charge is 0.456 e. The Hall–Kier alpha value is -6.91. The lowest BCUT2D eigenvalue weighted by molar-refractivity contribution is 0.665. The fraction of sp³-hybridized carbons (Fsp3) is 0.0208. The molecule has 0 N–H and O–H groups in total. The minimum Gasteiger partial charge on any atom is -0.456 e. The molecule has 10 aromatic rings. The maximum atomic E-state index is 6.53. The molecule has 0 amide bonds. The molecule has 0 saturated carbocycles. The molecule has 1 aliphatic rings. The SMILES string of the molecule is c1ccc(-c2nc(-c3cc4ccccc4c4ccccc34)nc(C3(c4cccc5oc6ccccc6c45)c4ccccc4-c4ccccc43)n2)cc1. The van der Waals surface area contributed by atoms with Crippen LogP contribution < -0.4 is 0 Å². The molecule has 1 aliphatic carbocycles. The molecule has 0 atom stereocenters. The minimum atomic E-state index is -0.896. The van der Waals surface area contributed by atoms with E-state index in [0.717, 1.165) is 60.5 Å². The van der Waals surface area contributed by atoms with E-state index in [0.29, 0.717) is 17.5 Å². The van der Waals surface area contributed by atoms with Crippen LogP contribution in [-0.4, -0.2) is 15.0 Å². The summed E-state index contributed by atoms with van der Waals surface area (Å²) in [5.41, 5.74) is 8.36. The lowest BCUT2D eigenvalue weighted by Gasteiger charge is -2.32. The predicted molar refractivity (Wildman–Crippen MR) is 210 cm³/mol. The summed E-state index contributed by atoms with van der Waals surface area (Å²) in [7, 11) is 0. The number of fused-ring (bicyclic) bond motifs is 9. The van der Waals surface area contributed by atoms with E-state index in [1.807, 2.05) is 30.3 Å². The molecule has 0 unspecified atom stereocenters. The quantitative estimate of drug-likeness (QED) is 0.176. The molecule has 0 aliphatic heterocycles. The van der Waals surface area contributed by atoms with Crippen molar-refractivity contribution >= 4 is 43.5 Å². The van der Waals surface area contributed by atoms with Crippen molar-refractivity contribution in [3.05, 3.63) is 198 Å².